The highest BCUT2D eigenvalue weighted by Gasteiger charge is 2.31. The van der Waals surface area contributed by atoms with E-state index in [-0.39, 0.29) is 12.3 Å². The molecule has 6 heteroatoms. The van der Waals surface area contributed by atoms with Crippen molar-refractivity contribution in [2.75, 3.05) is 0 Å². The molecule has 128 valence electrons. The van der Waals surface area contributed by atoms with Gasteiger partial charge >= 0.3 is 12.2 Å². The number of phenols is 1. The predicted molar refractivity (Wildman–Crippen MR) is 86.1 cm³/mol. The monoisotopic (exact) mass is 323 g/mol. The van der Waals surface area contributed by atoms with Crippen LogP contribution in [0.3, 0.4) is 0 Å². The number of hydrogen-bond acceptors (Lipinski definition) is 5. The van der Waals surface area contributed by atoms with Gasteiger partial charge in [-0.15, -0.1) is 0 Å². The molecule has 0 atom stereocenters. The number of imide groups is 1. The minimum absolute atomic E-state index is 0.00961. The summed E-state index contributed by atoms with van der Waals surface area (Å²) in [5, 5.41) is 9.86. The maximum atomic E-state index is 12.3. The van der Waals surface area contributed by atoms with E-state index < -0.39 is 23.4 Å². The molecular weight excluding hydrogens is 298 g/mol. The fourth-order valence-corrected chi connectivity index (χ4v) is 1.65. The highest BCUT2D eigenvalue weighted by atomic mass is 16.6. The molecule has 0 heterocycles. The Kier molecular flexibility index (Phi) is 5.64. The van der Waals surface area contributed by atoms with Crippen LogP contribution in [0.1, 0.15) is 47.1 Å². The fourth-order valence-electron chi connectivity index (χ4n) is 1.65. The molecule has 0 unspecified atom stereocenters. The lowest BCUT2D eigenvalue weighted by atomic mass is 10.2. The Morgan fingerprint density at radius 3 is 1.78 bits per heavy atom. The summed E-state index contributed by atoms with van der Waals surface area (Å²) in [6.45, 7) is 10.1. The molecule has 1 aromatic rings. The summed E-state index contributed by atoms with van der Waals surface area (Å²) in [4.78, 5) is 25.5. The lowest BCUT2D eigenvalue weighted by Crippen LogP contribution is -2.43. The molecule has 23 heavy (non-hydrogen) atoms. The number of hydrogen-bond donors (Lipinski definition) is 1. The van der Waals surface area contributed by atoms with Gasteiger partial charge in [0.25, 0.3) is 0 Å². The Balaban J connectivity index is 3.03. The van der Waals surface area contributed by atoms with Gasteiger partial charge < -0.3 is 14.6 Å². The molecule has 1 rings (SSSR count). The molecule has 0 radical (unpaired) electrons. The summed E-state index contributed by atoms with van der Waals surface area (Å²) in [6.07, 6.45) is -1.65. The van der Waals surface area contributed by atoms with Crippen molar-refractivity contribution in [1.29, 1.82) is 0 Å². The molecule has 0 aliphatic heterocycles. The Bertz CT molecular complexity index is 541. The molecule has 0 saturated heterocycles. The number of phenolic OH excluding ortho intramolecular Hbond substituents is 1. The maximum absolute atomic E-state index is 12.3. The molecule has 1 aromatic carbocycles. The van der Waals surface area contributed by atoms with Crippen molar-refractivity contribution < 1.29 is 24.2 Å². The molecule has 1 N–H and O–H groups in total. The van der Waals surface area contributed by atoms with E-state index in [9.17, 15) is 14.7 Å². The van der Waals surface area contributed by atoms with Crippen molar-refractivity contribution >= 4 is 12.2 Å². The minimum Gasteiger partial charge on any atom is -0.508 e. The van der Waals surface area contributed by atoms with Crippen molar-refractivity contribution in [2.45, 2.75) is 59.3 Å². The molecule has 0 fully saturated rings. The van der Waals surface area contributed by atoms with Gasteiger partial charge in [-0.3, -0.25) is 0 Å². The molecule has 0 spiro atoms. The number of rotatable bonds is 2. The summed E-state index contributed by atoms with van der Waals surface area (Å²) in [5.74, 6) is -0.00961. The van der Waals surface area contributed by atoms with Crippen LogP contribution in [0.25, 0.3) is 0 Å². The Labute approximate surface area is 137 Å². The van der Waals surface area contributed by atoms with E-state index in [1.165, 1.54) is 6.07 Å². The van der Waals surface area contributed by atoms with Crippen LogP contribution in [-0.4, -0.2) is 33.4 Å². The van der Waals surface area contributed by atoms with Crippen LogP contribution in [-0.2, 0) is 16.0 Å². The van der Waals surface area contributed by atoms with Crippen molar-refractivity contribution in [3.8, 4) is 5.75 Å². The third kappa shape index (κ3) is 6.59. The van der Waals surface area contributed by atoms with Gasteiger partial charge in [0.15, 0.2) is 0 Å². The average Bonchev–Trinajstić information content (AvgIpc) is 2.33. The topological polar surface area (TPSA) is 76.1 Å². The van der Waals surface area contributed by atoms with Crippen LogP contribution in [0.15, 0.2) is 24.3 Å². The van der Waals surface area contributed by atoms with Crippen molar-refractivity contribution in [3.63, 3.8) is 0 Å². The van der Waals surface area contributed by atoms with Crippen LogP contribution < -0.4 is 0 Å². The first-order valence-corrected chi connectivity index (χ1v) is 7.39. The van der Waals surface area contributed by atoms with Gasteiger partial charge in [-0.2, -0.15) is 0 Å². The molecule has 0 aliphatic rings. The Hall–Kier alpha value is -2.24. The van der Waals surface area contributed by atoms with Crippen molar-refractivity contribution in [3.05, 3.63) is 29.8 Å². The molecule has 0 bridgehead atoms. The van der Waals surface area contributed by atoms with Crippen LogP contribution in [0, 0.1) is 0 Å². The van der Waals surface area contributed by atoms with Gasteiger partial charge in [-0.05, 0) is 47.6 Å². The number of carbonyl (C=O) groups excluding carboxylic acids is 2. The average molecular weight is 323 g/mol. The zero-order chi connectivity index (χ0) is 17.8. The number of benzene rings is 1. The second-order valence-corrected chi connectivity index (χ2v) is 7.18. The molecule has 0 saturated carbocycles. The number of carbonyl (C=O) groups is 2. The first-order chi connectivity index (χ1) is 10.4. The third-order valence-corrected chi connectivity index (χ3v) is 2.55. The second-order valence-electron chi connectivity index (χ2n) is 7.18. The third-order valence-electron chi connectivity index (χ3n) is 2.55. The Morgan fingerprint density at radius 2 is 1.39 bits per heavy atom. The highest BCUT2D eigenvalue weighted by Crippen LogP contribution is 2.21. The fraction of sp³-hybridized carbons (Fsp3) is 0.529. The predicted octanol–water partition coefficient (Wildman–Crippen LogP) is 4.06. The first kappa shape index (κ1) is 18.8. The normalized spacial score (nSPS) is 11.7. The summed E-state index contributed by atoms with van der Waals surface area (Å²) in [5.41, 5.74) is -1.09. The van der Waals surface area contributed by atoms with Crippen LogP contribution in [0.2, 0.25) is 0 Å². The maximum Gasteiger partial charge on any atom is 0.420 e. The van der Waals surface area contributed by atoms with E-state index in [1.54, 1.807) is 59.7 Å². The van der Waals surface area contributed by atoms with Gasteiger partial charge in [0.1, 0.15) is 17.0 Å². The quantitative estimate of drug-likeness (QED) is 0.888. The van der Waals surface area contributed by atoms with Crippen LogP contribution in [0.5, 0.6) is 5.75 Å². The van der Waals surface area contributed by atoms with Gasteiger partial charge in [0.05, 0.1) is 6.54 Å². The van der Waals surface area contributed by atoms with Crippen molar-refractivity contribution in [1.82, 2.24) is 4.90 Å². The number of para-hydroxylation sites is 1. The second kappa shape index (κ2) is 6.89. The van der Waals surface area contributed by atoms with E-state index in [0.29, 0.717) is 5.56 Å². The smallest absolute Gasteiger partial charge is 0.420 e. The molecule has 0 aliphatic carbocycles. The summed E-state index contributed by atoms with van der Waals surface area (Å²) >= 11 is 0. The van der Waals surface area contributed by atoms with Gasteiger partial charge in [-0.1, -0.05) is 18.2 Å². The van der Waals surface area contributed by atoms with Crippen LogP contribution >= 0.6 is 0 Å². The van der Waals surface area contributed by atoms with E-state index in [4.69, 9.17) is 9.47 Å². The first-order valence-electron chi connectivity index (χ1n) is 7.39. The standard InChI is InChI=1S/C17H25NO5/c1-16(2,3)22-14(20)18(15(21)23-17(4,5)6)11-12-9-7-8-10-13(12)19/h7-10,19H,11H2,1-6H3. The zero-order valence-corrected chi connectivity index (χ0v) is 14.5. The molecule has 0 aromatic heterocycles. The van der Waals surface area contributed by atoms with Crippen LogP contribution in [0.4, 0.5) is 9.59 Å². The van der Waals surface area contributed by atoms with Gasteiger partial charge in [-0.25, -0.2) is 14.5 Å². The summed E-state index contributed by atoms with van der Waals surface area (Å²) < 4.78 is 10.5. The van der Waals surface area contributed by atoms with E-state index in [0.717, 1.165) is 4.90 Å². The summed E-state index contributed by atoms with van der Waals surface area (Å²) in [6, 6.07) is 6.47. The SMILES string of the molecule is CC(C)(C)OC(=O)N(Cc1ccccc1O)C(=O)OC(C)(C)C. The minimum atomic E-state index is -0.824. The number of amides is 2. The van der Waals surface area contributed by atoms with Gasteiger partial charge in [0.2, 0.25) is 0 Å². The number of ether oxygens (including phenoxy) is 2. The molecular formula is C17H25NO5. The van der Waals surface area contributed by atoms with E-state index in [1.807, 2.05) is 0 Å². The largest absolute Gasteiger partial charge is 0.508 e. The van der Waals surface area contributed by atoms with E-state index >= 15 is 0 Å². The zero-order valence-electron chi connectivity index (χ0n) is 14.5. The lowest BCUT2D eigenvalue weighted by molar-refractivity contribution is -0.000310. The highest BCUT2D eigenvalue weighted by molar-refractivity contribution is 5.88. The number of nitrogens with zero attached hydrogens (tertiary/aromatic N) is 1. The Morgan fingerprint density at radius 1 is 0.957 bits per heavy atom. The van der Waals surface area contributed by atoms with E-state index in [2.05, 4.69) is 0 Å². The van der Waals surface area contributed by atoms with Gasteiger partial charge in [0, 0.05) is 5.56 Å². The molecule has 2 amide bonds. The molecule has 6 nitrogen and oxygen atoms in total. The number of aromatic hydroxyl groups is 1. The summed E-state index contributed by atoms with van der Waals surface area (Å²) in [7, 11) is 0. The lowest BCUT2D eigenvalue weighted by Gasteiger charge is -2.28. The van der Waals surface area contributed by atoms with Crippen molar-refractivity contribution in [2.24, 2.45) is 0 Å².